The number of para-hydroxylation sites is 1. The van der Waals surface area contributed by atoms with Crippen molar-refractivity contribution in [3.8, 4) is 0 Å². The van der Waals surface area contributed by atoms with Gasteiger partial charge in [-0.1, -0.05) is 25.1 Å². The van der Waals surface area contributed by atoms with Crippen LogP contribution in [0.2, 0.25) is 0 Å². The maximum absolute atomic E-state index is 13.0. The van der Waals surface area contributed by atoms with Crippen molar-refractivity contribution in [2.45, 2.75) is 18.2 Å². The zero-order valence-corrected chi connectivity index (χ0v) is 19.0. The molecule has 0 aliphatic carbocycles. The van der Waals surface area contributed by atoms with Crippen LogP contribution in [0.4, 0.5) is 0 Å². The van der Waals surface area contributed by atoms with Crippen LogP contribution in [0.3, 0.4) is 0 Å². The van der Waals surface area contributed by atoms with Crippen molar-refractivity contribution in [2.24, 2.45) is 12.8 Å². The molecule has 10 heteroatoms. The number of benzene rings is 1. The van der Waals surface area contributed by atoms with E-state index in [0.717, 1.165) is 17.3 Å². The second kappa shape index (κ2) is 8.53. The molecule has 0 saturated carbocycles. The molecule has 0 unspecified atom stereocenters. The number of aryl methyl sites for hydroxylation is 2. The van der Waals surface area contributed by atoms with Gasteiger partial charge in [-0.3, -0.25) is 14.5 Å². The van der Waals surface area contributed by atoms with E-state index in [1.165, 1.54) is 26.7 Å². The second-order valence-corrected chi connectivity index (χ2v) is 9.97. The number of fused-ring (bicyclic) bond motifs is 1. The molecule has 3 N–H and O–H groups in total. The van der Waals surface area contributed by atoms with E-state index in [1.54, 1.807) is 13.2 Å². The Hall–Kier alpha value is -2.95. The second-order valence-electron chi connectivity index (χ2n) is 8.04. The highest BCUT2D eigenvalue weighted by molar-refractivity contribution is 7.89. The van der Waals surface area contributed by atoms with Crippen LogP contribution in [0.5, 0.6) is 0 Å². The molecule has 0 atom stereocenters. The number of hydrogen-bond acceptors (Lipinski definition) is 5. The monoisotopic (exact) mass is 457 g/mol. The lowest BCUT2D eigenvalue weighted by Gasteiger charge is -2.33. The van der Waals surface area contributed by atoms with Crippen molar-refractivity contribution in [2.75, 3.05) is 32.7 Å². The Morgan fingerprint density at radius 1 is 1.16 bits per heavy atom. The number of Topliss-reactive ketones (excluding diaryl/α,β-unsaturated/α-hetero) is 1. The molecule has 0 radical (unpaired) electrons. The Bertz CT molecular complexity index is 1280. The largest absolute Gasteiger partial charge is 0.364 e. The number of amides is 1. The number of carbonyl (C=O) groups is 2. The molecule has 170 valence electrons. The number of H-pyrrole nitrogens is 1. The van der Waals surface area contributed by atoms with Crippen molar-refractivity contribution in [1.29, 1.82) is 0 Å². The number of sulfonamides is 1. The van der Waals surface area contributed by atoms with Gasteiger partial charge in [-0.05, 0) is 18.1 Å². The number of nitrogens with one attached hydrogen (secondary N) is 1. The van der Waals surface area contributed by atoms with Crippen LogP contribution >= 0.6 is 0 Å². The van der Waals surface area contributed by atoms with E-state index < -0.39 is 15.9 Å². The van der Waals surface area contributed by atoms with E-state index in [0.29, 0.717) is 18.7 Å². The molecule has 1 aliphatic heterocycles. The number of rotatable bonds is 7. The fraction of sp³-hybridized carbons (Fsp3) is 0.364. The number of nitrogens with two attached hydrogens (primary N) is 1. The topological polar surface area (TPSA) is 122 Å². The molecule has 9 nitrogen and oxygen atoms in total. The van der Waals surface area contributed by atoms with Gasteiger partial charge in [0.2, 0.25) is 10.0 Å². The van der Waals surface area contributed by atoms with Gasteiger partial charge >= 0.3 is 0 Å². The van der Waals surface area contributed by atoms with Crippen LogP contribution in [0.25, 0.3) is 10.9 Å². The van der Waals surface area contributed by atoms with Crippen molar-refractivity contribution in [3.63, 3.8) is 0 Å². The fourth-order valence-corrected chi connectivity index (χ4v) is 5.72. The van der Waals surface area contributed by atoms with Crippen LogP contribution < -0.4 is 5.73 Å². The van der Waals surface area contributed by atoms with Gasteiger partial charge in [0.1, 0.15) is 10.6 Å². The van der Waals surface area contributed by atoms with Crippen molar-refractivity contribution < 1.29 is 18.0 Å². The number of aromatic nitrogens is 2. The number of piperazine rings is 1. The lowest BCUT2D eigenvalue weighted by molar-refractivity contribution is 0.0902. The third kappa shape index (κ3) is 3.96. The number of primary amides is 1. The third-order valence-electron chi connectivity index (χ3n) is 6.05. The molecule has 2 aromatic heterocycles. The molecular weight excluding hydrogens is 430 g/mol. The lowest BCUT2D eigenvalue weighted by Crippen LogP contribution is -2.49. The Kier molecular flexibility index (Phi) is 5.93. The zero-order valence-electron chi connectivity index (χ0n) is 18.2. The van der Waals surface area contributed by atoms with Crippen molar-refractivity contribution in [3.05, 3.63) is 53.5 Å². The molecule has 0 spiro atoms. The quantitative estimate of drug-likeness (QED) is 0.519. The first-order valence-electron chi connectivity index (χ1n) is 10.5. The molecule has 1 saturated heterocycles. The Labute approximate surface area is 186 Å². The van der Waals surface area contributed by atoms with Crippen molar-refractivity contribution in [1.82, 2.24) is 18.8 Å². The van der Waals surface area contributed by atoms with E-state index in [-0.39, 0.29) is 36.0 Å². The first kappa shape index (κ1) is 22.3. The molecule has 0 bridgehead atoms. The van der Waals surface area contributed by atoms with Gasteiger partial charge in [0.25, 0.3) is 5.91 Å². The first-order valence-corrected chi connectivity index (χ1v) is 12.0. The van der Waals surface area contributed by atoms with Gasteiger partial charge in [-0.15, -0.1) is 0 Å². The molecule has 3 aromatic rings. The van der Waals surface area contributed by atoms with E-state index in [2.05, 4.69) is 11.9 Å². The Balaban J connectivity index is 1.42. The molecule has 32 heavy (non-hydrogen) atoms. The minimum Gasteiger partial charge on any atom is -0.364 e. The van der Waals surface area contributed by atoms with Crippen LogP contribution in [-0.4, -0.2) is 71.6 Å². The first-order chi connectivity index (χ1) is 15.2. The SMILES string of the molecule is CCc1cccc2c(C(=O)CN3CCN(S(=O)(=O)c4cc(C(N)=O)n(C)c4)CC3)c[nH]c12. The summed E-state index contributed by atoms with van der Waals surface area (Å²) in [6.45, 7) is 3.74. The molecular formula is C22H27N5O4S. The smallest absolute Gasteiger partial charge is 0.265 e. The van der Waals surface area contributed by atoms with E-state index >= 15 is 0 Å². The zero-order chi connectivity index (χ0) is 23.0. The summed E-state index contributed by atoms with van der Waals surface area (Å²) in [6.07, 6.45) is 4.04. The number of nitrogens with zero attached hydrogens (tertiary/aromatic N) is 3. The predicted octanol–water partition coefficient (Wildman–Crippen LogP) is 1.36. The van der Waals surface area contributed by atoms with Gasteiger partial charge in [0.15, 0.2) is 5.78 Å². The van der Waals surface area contributed by atoms with Gasteiger partial charge in [0, 0.05) is 62.1 Å². The van der Waals surface area contributed by atoms with Gasteiger partial charge < -0.3 is 15.3 Å². The Morgan fingerprint density at radius 3 is 2.50 bits per heavy atom. The molecule has 1 aliphatic rings. The summed E-state index contributed by atoms with van der Waals surface area (Å²) in [5.74, 6) is -0.671. The Morgan fingerprint density at radius 2 is 1.88 bits per heavy atom. The molecule has 1 amide bonds. The number of aromatic amines is 1. The average molecular weight is 458 g/mol. The predicted molar refractivity (Wildman–Crippen MR) is 121 cm³/mol. The van der Waals surface area contributed by atoms with Gasteiger partial charge in [-0.2, -0.15) is 4.31 Å². The van der Waals surface area contributed by atoms with Crippen LogP contribution in [-0.2, 0) is 23.5 Å². The highest BCUT2D eigenvalue weighted by atomic mass is 32.2. The summed E-state index contributed by atoms with van der Waals surface area (Å²) in [5.41, 5.74) is 8.25. The maximum atomic E-state index is 13.0. The summed E-state index contributed by atoms with van der Waals surface area (Å²) in [5, 5.41) is 0.921. The van der Waals surface area contributed by atoms with E-state index in [1.807, 2.05) is 23.1 Å². The number of carbonyl (C=O) groups excluding carboxylic acids is 2. The normalized spacial score (nSPS) is 15.9. The summed E-state index contributed by atoms with van der Waals surface area (Å²) in [7, 11) is -2.16. The molecule has 4 rings (SSSR count). The number of ketones is 1. The highest BCUT2D eigenvalue weighted by Crippen LogP contribution is 2.24. The maximum Gasteiger partial charge on any atom is 0.265 e. The van der Waals surface area contributed by atoms with E-state index in [4.69, 9.17) is 5.73 Å². The fourth-order valence-electron chi connectivity index (χ4n) is 4.23. The third-order valence-corrected chi connectivity index (χ3v) is 7.92. The molecule has 1 aromatic carbocycles. The molecule has 1 fully saturated rings. The minimum atomic E-state index is -3.74. The van der Waals surface area contributed by atoms with Crippen LogP contribution in [0.15, 0.2) is 41.6 Å². The van der Waals surface area contributed by atoms with E-state index in [9.17, 15) is 18.0 Å². The molecule has 3 heterocycles. The summed E-state index contributed by atoms with van der Waals surface area (Å²) in [4.78, 5) is 29.6. The summed E-state index contributed by atoms with van der Waals surface area (Å²) in [6, 6.07) is 7.26. The lowest BCUT2D eigenvalue weighted by atomic mass is 10.0. The summed E-state index contributed by atoms with van der Waals surface area (Å²) >= 11 is 0. The van der Waals surface area contributed by atoms with Crippen LogP contribution in [0, 0.1) is 0 Å². The van der Waals surface area contributed by atoms with Crippen molar-refractivity contribution >= 4 is 32.6 Å². The average Bonchev–Trinajstić information content (AvgIpc) is 3.38. The number of hydrogen-bond donors (Lipinski definition) is 2. The standard InChI is InChI=1S/C22H27N5O4S/c1-3-15-5-4-6-17-18(12-24-21(15)17)20(28)14-26-7-9-27(10-8-26)32(30,31)16-11-19(22(23)29)25(2)13-16/h4-6,11-13,24H,3,7-10,14H2,1-2H3,(H2,23,29). The highest BCUT2D eigenvalue weighted by Gasteiger charge is 2.31. The van der Waals surface area contributed by atoms with Crippen LogP contribution in [0.1, 0.15) is 33.3 Å². The summed E-state index contributed by atoms with van der Waals surface area (Å²) < 4.78 is 28.7. The van der Waals surface area contributed by atoms with Gasteiger partial charge in [0.05, 0.1) is 6.54 Å². The van der Waals surface area contributed by atoms with Gasteiger partial charge in [-0.25, -0.2) is 8.42 Å². The minimum absolute atomic E-state index is 0.00923.